The molecule has 1 saturated carbocycles. The van der Waals surface area contributed by atoms with E-state index in [4.69, 9.17) is 4.74 Å². The van der Waals surface area contributed by atoms with E-state index in [9.17, 15) is 14.7 Å². The van der Waals surface area contributed by atoms with E-state index in [0.717, 1.165) is 25.7 Å². The number of nitrogens with one attached hydrogen (secondary N) is 1. The molecule has 0 spiro atoms. The molecule has 0 bridgehead atoms. The van der Waals surface area contributed by atoms with Gasteiger partial charge in [0.2, 0.25) is 0 Å². The Bertz CT molecular complexity index is 325. The summed E-state index contributed by atoms with van der Waals surface area (Å²) in [4.78, 5) is 25.5. The van der Waals surface area contributed by atoms with Crippen molar-refractivity contribution in [2.75, 3.05) is 26.8 Å². The van der Waals surface area contributed by atoms with Gasteiger partial charge in [0.05, 0.1) is 6.61 Å². The van der Waals surface area contributed by atoms with E-state index in [1.807, 2.05) is 6.92 Å². The minimum Gasteiger partial charge on any atom is -0.480 e. The number of carbonyl (C=O) groups is 2. The molecule has 6 heteroatoms. The number of hydrogen-bond acceptors (Lipinski definition) is 3. The summed E-state index contributed by atoms with van der Waals surface area (Å²) in [5.41, 5.74) is -1.10. The van der Waals surface area contributed by atoms with E-state index < -0.39 is 11.5 Å². The van der Waals surface area contributed by atoms with Crippen molar-refractivity contribution in [2.24, 2.45) is 0 Å². The van der Waals surface area contributed by atoms with Crippen molar-refractivity contribution in [1.82, 2.24) is 10.2 Å². The van der Waals surface area contributed by atoms with E-state index in [-0.39, 0.29) is 6.03 Å². The van der Waals surface area contributed by atoms with Crippen molar-refractivity contribution in [2.45, 2.75) is 51.0 Å². The topological polar surface area (TPSA) is 78.9 Å². The minimum absolute atomic E-state index is 0.311. The second kappa shape index (κ2) is 8.09. The average Bonchev–Trinajstić information content (AvgIpc) is 2.66. The lowest BCUT2D eigenvalue weighted by Gasteiger charge is -2.32. The Labute approximate surface area is 120 Å². The number of rotatable bonds is 6. The van der Waals surface area contributed by atoms with Crippen LogP contribution in [-0.4, -0.2) is 54.4 Å². The highest BCUT2D eigenvalue weighted by molar-refractivity contribution is 5.86. The molecule has 0 aliphatic heterocycles. The quantitative estimate of drug-likeness (QED) is 0.730. The number of aliphatic carboxylic acids is 1. The number of ether oxygens (including phenoxy) is 1. The van der Waals surface area contributed by atoms with Crippen molar-refractivity contribution in [3.05, 3.63) is 0 Å². The molecule has 0 atom stereocenters. The molecule has 0 heterocycles. The summed E-state index contributed by atoms with van der Waals surface area (Å²) < 4.78 is 4.97. The molecule has 116 valence electrons. The number of likely N-dealkylation sites (N-methyl/N-ethyl adjacent to an activating group) is 1. The molecular weight excluding hydrogens is 260 g/mol. The molecule has 6 nitrogen and oxygen atoms in total. The zero-order valence-corrected chi connectivity index (χ0v) is 12.5. The van der Waals surface area contributed by atoms with Crippen LogP contribution in [0.2, 0.25) is 0 Å². The fraction of sp³-hybridized carbons (Fsp3) is 0.857. The third kappa shape index (κ3) is 4.37. The molecule has 20 heavy (non-hydrogen) atoms. The zero-order chi connectivity index (χ0) is 15.0. The van der Waals surface area contributed by atoms with E-state index in [1.165, 1.54) is 0 Å². The van der Waals surface area contributed by atoms with Gasteiger partial charge in [-0.2, -0.15) is 0 Å². The third-order valence-corrected chi connectivity index (χ3v) is 3.95. The van der Waals surface area contributed by atoms with Gasteiger partial charge < -0.3 is 20.1 Å². The molecule has 1 fully saturated rings. The molecule has 0 radical (unpaired) electrons. The first-order valence-corrected chi connectivity index (χ1v) is 7.35. The van der Waals surface area contributed by atoms with Gasteiger partial charge in [0.25, 0.3) is 0 Å². The maximum absolute atomic E-state index is 12.3. The van der Waals surface area contributed by atoms with Gasteiger partial charge in [0.1, 0.15) is 5.54 Å². The van der Waals surface area contributed by atoms with E-state index in [0.29, 0.717) is 32.5 Å². The second-order valence-electron chi connectivity index (χ2n) is 5.30. The lowest BCUT2D eigenvalue weighted by atomic mass is 9.90. The SMILES string of the molecule is CCN(CCOC)C(=O)NC1(C(=O)O)CCCCCC1. The minimum atomic E-state index is -1.10. The number of nitrogens with zero attached hydrogens (tertiary/aromatic N) is 1. The fourth-order valence-electron chi connectivity index (χ4n) is 2.61. The predicted octanol–water partition coefficient (Wildman–Crippen LogP) is 1.84. The van der Waals surface area contributed by atoms with Gasteiger partial charge in [-0.25, -0.2) is 9.59 Å². The molecule has 0 aromatic heterocycles. The van der Waals surface area contributed by atoms with E-state index in [1.54, 1.807) is 12.0 Å². The van der Waals surface area contributed by atoms with Crippen molar-refractivity contribution in [1.29, 1.82) is 0 Å². The molecule has 0 aromatic rings. The summed E-state index contributed by atoms with van der Waals surface area (Å²) in [5, 5.41) is 12.3. The summed E-state index contributed by atoms with van der Waals surface area (Å²) in [6.07, 6.45) is 4.78. The molecule has 1 rings (SSSR count). The number of hydrogen-bond donors (Lipinski definition) is 2. The third-order valence-electron chi connectivity index (χ3n) is 3.95. The summed E-state index contributed by atoms with van der Waals surface area (Å²) in [6, 6.07) is -0.311. The Morgan fingerprint density at radius 3 is 2.30 bits per heavy atom. The van der Waals surface area contributed by atoms with Gasteiger partial charge in [-0.1, -0.05) is 25.7 Å². The van der Waals surface area contributed by atoms with Crippen LogP contribution in [0.3, 0.4) is 0 Å². The van der Waals surface area contributed by atoms with E-state index >= 15 is 0 Å². The lowest BCUT2D eigenvalue weighted by Crippen LogP contribution is -2.58. The maximum atomic E-state index is 12.3. The van der Waals surface area contributed by atoms with Crippen LogP contribution in [0.1, 0.15) is 45.4 Å². The van der Waals surface area contributed by atoms with Gasteiger partial charge in [-0.3, -0.25) is 0 Å². The number of urea groups is 1. The Morgan fingerprint density at radius 1 is 1.25 bits per heavy atom. The van der Waals surface area contributed by atoms with Gasteiger partial charge in [-0.05, 0) is 19.8 Å². The molecule has 2 amide bonds. The van der Waals surface area contributed by atoms with Crippen LogP contribution in [0.4, 0.5) is 4.79 Å². The monoisotopic (exact) mass is 286 g/mol. The van der Waals surface area contributed by atoms with Crippen molar-refractivity contribution < 1.29 is 19.4 Å². The van der Waals surface area contributed by atoms with Crippen molar-refractivity contribution in [3.63, 3.8) is 0 Å². The maximum Gasteiger partial charge on any atom is 0.329 e. The molecule has 0 saturated heterocycles. The number of carboxylic acids is 1. The highest BCUT2D eigenvalue weighted by Crippen LogP contribution is 2.27. The molecule has 0 unspecified atom stereocenters. The highest BCUT2D eigenvalue weighted by Gasteiger charge is 2.40. The first kappa shape index (κ1) is 16.8. The Balaban J connectivity index is 2.73. The van der Waals surface area contributed by atoms with Gasteiger partial charge in [0, 0.05) is 20.2 Å². The van der Waals surface area contributed by atoms with Crippen LogP contribution in [0.15, 0.2) is 0 Å². The van der Waals surface area contributed by atoms with Gasteiger partial charge in [-0.15, -0.1) is 0 Å². The average molecular weight is 286 g/mol. The van der Waals surface area contributed by atoms with Crippen LogP contribution in [0, 0.1) is 0 Å². The van der Waals surface area contributed by atoms with Crippen LogP contribution in [0.5, 0.6) is 0 Å². The van der Waals surface area contributed by atoms with Crippen LogP contribution >= 0.6 is 0 Å². The summed E-state index contributed by atoms with van der Waals surface area (Å²) in [6.45, 7) is 3.32. The normalized spacial score (nSPS) is 18.1. The largest absolute Gasteiger partial charge is 0.480 e. The number of carbonyl (C=O) groups excluding carboxylic acids is 1. The van der Waals surface area contributed by atoms with Crippen molar-refractivity contribution in [3.8, 4) is 0 Å². The highest BCUT2D eigenvalue weighted by atomic mass is 16.5. The first-order valence-electron chi connectivity index (χ1n) is 7.35. The van der Waals surface area contributed by atoms with Gasteiger partial charge in [0.15, 0.2) is 0 Å². The number of methoxy groups -OCH3 is 1. The summed E-state index contributed by atoms with van der Waals surface area (Å²) >= 11 is 0. The lowest BCUT2D eigenvalue weighted by molar-refractivity contribution is -0.145. The zero-order valence-electron chi connectivity index (χ0n) is 12.5. The van der Waals surface area contributed by atoms with Crippen LogP contribution in [0.25, 0.3) is 0 Å². The molecule has 1 aliphatic carbocycles. The Morgan fingerprint density at radius 2 is 1.85 bits per heavy atom. The molecule has 1 aliphatic rings. The smallest absolute Gasteiger partial charge is 0.329 e. The first-order chi connectivity index (χ1) is 9.55. The van der Waals surface area contributed by atoms with Crippen LogP contribution in [-0.2, 0) is 9.53 Å². The second-order valence-corrected chi connectivity index (χ2v) is 5.30. The van der Waals surface area contributed by atoms with Gasteiger partial charge >= 0.3 is 12.0 Å². The molecule has 0 aromatic carbocycles. The van der Waals surface area contributed by atoms with Crippen LogP contribution < -0.4 is 5.32 Å². The van der Waals surface area contributed by atoms with Crippen molar-refractivity contribution >= 4 is 12.0 Å². The van der Waals surface area contributed by atoms with E-state index in [2.05, 4.69) is 5.32 Å². The summed E-state index contributed by atoms with van der Waals surface area (Å²) in [7, 11) is 1.58. The fourth-order valence-corrected chi connectivity index (χ4v) is 2.61. The Kier molecular flexibility index (Phi) is 6.78. The molecule has 2 N–H and O–H groups in total. The standard InChI is InChI=1S/C14H26N2O4/c1-3-16(10-11-20-2)13(19)15-14(12(17)18)8-6-4-5-7-9-14/h3-11H2,1-2H3,(H,15,19)(H,17,18). The number of amides is 2. The Hall–Kier alpha value is -1.30. The summed E-state index contributed by atoms with van der Waals surface area (Å²) in [5.74, 6) is -0.921. The number of carboxylic acid groups (broad SMARTS) is 1. The predicted molar refractivity (Wildman–Crippen MR) is 75.7 cm³/mol. The molecular formula is C14H26N2O4.